The Balaban J connectivity index is 1.81. The summed E-state index contributed by atoms with van der Waals surface area (Å²) >= 11 is 0. The Kier molecular flexibility index (Phi) is 4.55. The molecule has 10 heteroatoms. The van der Waals surface area contributed by atoms with Gasteiger partial charge < -0.3 is 10.2 Å². The van der Waals surface area contributed by atoms with Crippen LogP contribution in [0.5, 0.6) is 0 Å². The molecule has 0 spiro atoms. The van der Waals surface area contributed by atoms with Crippen molar-refractivity contribution >= 4 is 27.3 Å². The molecule has 1 aliphatic heterocycles. The molecule has 1 N–H and O–H groups in total. The third-order valence-electron chi connectivity index (χ3n) is 4.01. The lowest BCUT2D eigenvalue weighted by Crippen LogP contribution is -2.33. The minimum Gasteiger partial charge on any atom is -0.340 e. The molecule has 2 aromatic rings. The van der Waals surface area contributed by atoms with Gasteiger partial charge in [0, 0.05) is 19.3 Å². The van der Waals surface area contributed by atoms with Crippen LogP contribution in [0.15, 0.2) is 24.4 Å². The normalized spacial score (nSPS) is 19.0. The molecule has 134 valence electrons. The molecular weight excluding hydrogens is 357 g/mol. The lowest BCUT2D eigenvalue weighted by Gasteiger charge is -2.23. The summed E-state index contributed by atoms with van der Waals surface area (Å²) in [6.07, 6.45) is 1.88. The smallest absolute Gasteiger partial charge is 0.227 e. The first-order valence-corrected chi connectivity index (χ1v) is 9.26. The topological polar surface area (TPSA) is 75.2 Å². The molecule has 25 heavy (non-hydrogen) atoms. The van der Waals surface area contributed by atoms with E-state index in [0.717, 1.165) is 12.1 Å². The van der Waals surface area contributed by atoms with Crippen molar-refractivity contribution in [3.05, 3.63) is 41.8 Å². The molecule has 3 rings (SSSR count). The van der Waals surface area contributed by atoms with Crippen molar-refractivity contribution in [2.45, 2.75) is 12.5 Å². The van der Waals surface area contributed by atoms with Gasteiger partial charge in [-0.15, -0.1) is 0 Å². The summed E-state index contributed by atoms with van der Waals surface area (Å²) in [5.41, 5.74) is -0.269. The Morgan fingerprint density at radius 2 is 1.96 bits per heavy atom. The van der Waals surface area contributed by atoms with Crippen LogP contribution in [0.25, 0.3) is 0 Å². The Morgan fingerprint density at radius 1 is 1.20 bits per heavy atom. The molecule has 1 unspecified atom stereocenters. The molecule has 6 nitrogen and oxygen atoms in total. The summed E-state index contributed by atoms with van der Waals surface area (Å²) < 4.78 is 63.2. The van der Waals surface area contributed by atoms with E-state index in [0.29, 0.717) is 6.42 Å². The zero-order valence-corrected chi connectivity index (χ0v) is 14.0. The van der Waals surface area contributed by atoms with Crippen molar-refractivity contribution in [1.82, 2.24) is 9.97 Å². The maximum absolute atomic E-state index is 13.7. The molecule has 1 saturated heterocycles. The first-order chi connectivity index (χ1) is 11.8. The SMILES string of the molecule is CN(c1nccc(Nc2ccc(F)c(F)c2F)n1)C1CCS(=O)(=O)C1. The summed E-state index contributed by atoms with van der Waals surface area (Å²) in [6.45, 7) is 0. The van der Waals surface area contributed by atoms with Gasteiger partial charge in [0.1, 0.15) is 5.82 Å². The van der Waals surface area contributed by atoms with Gasteiger partial charge in [-0.05, 0) is 24.6 Å². The van der Waals surface area contributed by atoms with Crippen molar-refractivity contribution in [1.29, 1.82) is 0 Å². The molecule has 0 radical (unpaired) electrons. The van der Waals surface area contributed by atoms with E-state index >= 15 is 0 Å². The van der Waals surface area contributed by atoms with Gasteiger partial charge in [-0.1, -0.05) is 0 Å². The fraction of sp³-hybridized carbons (Fsp3) is 0.333. The van der Waals surface area contributed by atoms with Crippen LogP contribution in [-0.4, -0.2) is 43.0 Å². The number of sulfone groups is 1. The number of anilines is 3. The van der Waals surface area contributed by atoms with E-state index in [1.54, 1.807) is 11.9 Å². The first kappa shape index (κ1) is 17.5. The van der Waals surface area contributed by atoms with E-state index in [2.05, 4.69) is 15.3 Å². The van der Waals surface area contributed by atoms with Crippen molar-refractivity contribution in [2.24, 2.45) is 0 Å². The molecule has 0 amide bonds. The van der Waals surface area contributed by atoms with E-state index in [1.165, 1.54) is 12.3 Å². The first-order valence-electron chi connectivity index (χ1n) is 7.43. The van der Waals surface area contributed by atoms with Gasteiger partial charge >= 0.3 is 0 Å². The van der Waals surface area contributed by atoms with E-state index < -0.39 is 27.3 Å². The summed E-state index contributed by atoms with van der Waals surface area (Å²) in [4.78, 5) is 9.90. The highest BCUT2D eigenvalue weighted by Crippen LogP contribution is 2.24. The van der Waals surface area contributed by atoms with Crippen molar-refractivity contribution in [3.63, 3.8) is 0 Å². The quantitative estimate of drug-likeness (QED) is 0.830. The molecule has 1 fully saturated rings. The summed E-state index contributed by atoms with van der Waals surface area (Å²) in [6, 6.07) is 3.05. The Hall–Kier alpha value is -2.36. The zero-order valence-electron chi connectivity index (χ0n) is 13.2. The average Bonchev–Trinajstić information content (AvgIpc) is 2.95. The number of nitrogens with zero attached hydrogens (tertiary/aromatic N) is 3. The molecule has 1 aromatic carbocycles. The predicted octanol–water partition coefficient (Wildman–Crippen LogP) is 2.26. The number of rotatable bonds is 4. The fourth-order valence-electron chi connectivity index (χ4n) is 2.59. The van der Waals surface area contributed by atoms with Gasteiger partial charge in [-0.25, -0.2) is 26.6 Å². The van der Waals surface area contributed by atoms with Crippen LogP contribution < -0.4 is 10.2 Å². The minimum absolute atomic E-state index is 0.0162. The van der Waals surface area contributed by atoms with Gasteiger partial charge in [-0.3, -0.25) is 0 Å². The molecule has 1 atom stereocenters. The minimum atomic E-state index is -3.06. The van der Waals surface area contributed by atoms with Crippen LogP contribution in [0.4, 0.5) is 30.6 Å². The average molecular weight is 372 g/mol. The van der Waals surface area contributed by atoms with Gasteiger partial charge in [0.15, 0.2) is 27.3 Å². The summed E-state index contributed by atoms with van der Waals surface area (Å²) in [5.74, 6) is -3.67. The Morgan fingerprint density at radius 3 is 2.64 bits per heavy atom. The molecule has 0 aliphatic carbocycles. The zero-order chi connectivity index (χ0) is 18.2. The maximum Gasteiger partial charge on any atom is 0.227 e. The highest BCUT2D eigenvalue weighted by atomic mass is 32.2. The number of halogens is 3. The Bertz CT molecular complexity index is 908. The van der Waals surface area contributed by atoms with Gasteiger partial charge in [0.25, 0.3) is 0 Å². The maximum atomic E-state index is 13.7. The number of aromatic nitrogens is 2. The standard InChI is InChI=1S/C15H15F3N4O2S/c1-22(9-5-7-25(23,24)8-9)15-19-6-4-12(21-15)20-11-3-2-10(16)13(17)14(11)18/h2-4,6,9H,5,7-8H2,1H3,(H,19,20,21). The summed E-state index contributed by atoms with van der Waals surface area (Å²) in [5, 5.41) is 2.56. The van der Waals surface area contributed by atoms with Crippen LogP contribution in [-0.2, 0) is 9.84 Å². The molecule has 0 saturated carbocycles. The van der Waals surface area contributed by atoms with E-state index in [4.69, 9.17) is 0 Å². The van der Waals surface area contributed by atoms with Gasteiger partial charge in [0.2, 0.25) is 5.95 Å². The van der Waals surface area contributed by atoms with Crippen LogP contribution in [0.3, 0.4) is 0 Å². The van der Waals surface area contributed by atoms with E-state index in [-0.39, 0.29) is 35.0 Å². The lowest BCUT2D eigenvalue weighted by molar-refractivity contribution is 0.449. The largest absolute Gasteiger partial charge is 0.340 e. The fourth-order valence-corrected chi connectivity index (χ4v) is 4.37. The number of benzene rings is 1. The van der Waals surface area contributed by atoms with Crippen molar-refractivity contribution in [2.75, 3.05) is 28.8 Å². The lowest BCUT2D eigenvalue weighted by atomic mass is 10.2. The summed E-state index contributed by atoms with van der Waals surface area (Å²) in [7, 11) is -1.39. The van der Waals surface area contributed by atoms with Crippen LogP contribution >= 0.6 is 0 Å². The van der Waals surface area contributed by atoms with E-state index in [9.17, 15) is 21.6 Å². The molecular formula is C15H15F3N4O2S. The van der Waals surface area contributed by atoms with E-state index in [1.807, 2.05) is 0 Å². The number of hydrogen-bond acceptors (Lipinski definition) is 6. The number of hydrogen-bond donors (Lipinski definition) is 1. The third-order valence-corrected chi connectivity index (χ3v) is 5.76. The van der Waals surface area contributed by atoms with Crippen molar-refractivity contribution in [3.8, 4) is 0 Å². The van der Waals surface area contributed by atoms with Crippen LogP contribution in [0, 0.1) is 17.5 Å². The molecule has 1 aliphatic rings. The van der Waals surface area contributed by atoms with Gasteiger partial charge in [-0.2, -0.15) is 4.98 Å². The number of nitrogens with one attached hydrogen (secondary N) is 1. The van der Waals surface area contributed by atoms with Crippen molar-refractivity contribution < 1.29 is 21.6 Å². The highest BCUT2D eigenvalue weighted by Gasteiger charge is 2.31. The monoisotopic (exact) mass is 372 g/mol. The highest BCUT2D eigenvalue weighted by molar-refractivity contribution is 7.91. The molecule has 1 aromatic heterocycles. The molecule has 2 heterocycles. The second-order valence-corrected chi connectivity index (χ2v) is 7.99. The van der Waals surface area contributed by atoms with Crippen LogP contribution in [0.2, 0.25) is 0 Å². The molecule has 0 bridgehead atoms. The second-order valence-electron chi connectivity index (χ2n) is 5.76. The van der Waals surface area contributed by atoms with Crippen LogP contribution in [0.1, 0.15) is 6.42 Å². The second kappa shape index (κ2) is 6.51. The third kappa shape index (κ3) is 3.68. The van der Waals surface area contributed by atoms with Gasteiger partial charge in [0.05, 0.1) is 17.2 Å². The Labute approximate surface area is 142 Å². The predicted molar refractivity (Wildman–Crippen MR) is 87.1 cm³/mol.